The first-order chi connectivity index (χ1) is 8.31. The van der Waals surface area contributed by atoms with Gasteiger partial charge in [0.1, 0.15) is 5.82 Å². The fourth-order valence-electron chi connectivity index (χ4n) is 1.56. The summed E-state index contributed by atoms with van der Waals surface area (Å²) in [5, 5.41) is 0. The van der Waals surface area contributed by atoms with Gasteiger partial charge in [-0.1, -0.05) is 0 Å². The number of rotatable bonds is 4. The number of hydrogen-bond acceptors (Lipinski definition) is 3. The number of carbonyl (C=O) groups is 1. The van der Waals surface area contributed by atoms with Gasteiger partial charge in [-0.15, -0.1) is 0 Å². The van der Waals surface area contributed by atoms with Crippen LogP contribution in [0, 0.1) is 5.82 Å². The van der Waals surface area contributed by atoms with Crippen LogP contribution in [0.4, 0.5) is 4.39 Å². The van der Waals surface area contributed by atoms with Crippen molar-refractivity contribution in [3.8, 4) is 0 Å². The summed E-state index contributed by atoms with van der Waals surface area (Å²) in [7, 11) is 1.14. The molecule has 7 heteroatoms. The lowest BCUT2D eigenvalue weighted by Gasteiger charge is -2.19. The first kappa shape index (κ1) is 14.9. The van der Waals surface area contributed by atoms with Crippen LogP contribution in [0.1, 0.15) is 24.2 Å². The quantitative estimate of drug-likeness (QED) is 0.800. The van der Waals surface area contributed by atoms with Crippen LogP contribution >= 0.6 is 10.7 Å². The molecule has 0 aliphatic heterocycles. The van der Waals surface area contributed by atoms with Crippen molar-refractivity contribution in [3.63, 3.8) is 0 Å². The molecule has 0 spiro atoms. The minimum atomic E-state index is -4.09. The molecule has 0 aromatic heterocycles. The SMILES string of the molecule is CCN(CC)C(=O)c1cc(F)ccc1S(=O)(=O)Cl. The Morgan fingerprint density at radius 2 is 1.89 bits per heavy atom. The van der Waals surface area contributed by atoms with E-state index in [-0.39, 0.29) is 10.5 Å². The normalized spacial score (nSPS) is 11.3. The van der Waals surface area contributed by atoms with E-state index >= 15 is 0 Å². The molecule has 0 unspecified atom stereocenters. The maximum atomic E-state index is 13.2. The van der Waals surface area contributed by atoms with Crippen molar-refractivity contribution in [1.82, 2.24) is 4.90 Å². The number of halogens is 2. The third-order valence-electron chi connectivity index (χ3n) is 2.49. The van der Waals surface area contributed by atoms with E-state index in [0.29, 0.717) is 13.1 Å². The second-order valence-corrected chi connectivity index (χ2v) is 6.09. The average molecular weight is 294 g/mol. The zero-order valence-corrected chi connectivity index (χ0v) is 11.6. The lowest BCUT2D eigenvalue weighted by Crippen LogP contribution is -2.31. The van der Waals surface area contributed by atoms with Crippen molar-refractivity contribution in [2.24, 2.45) is 0 Å². The molecule has 0 bridgehead atoms. The third kappa shape index (κ3) is 3.20. The number of nitrogens with zero attached hydrogens (tertiary/aromatic N) is 1. The van der Waals surface area contributed by atoms with Gasteiger partial charge in [-0.3, -0.25) is 4.79 Å². The van der Waals surface area contributed by atoms with E-state index in [4.69, 9.17) is 10.7 Å². The van der Waals surface area contributed by atoms with Gasteiger partial charge >= 0.3 is 0 Å². The third-order valence-corrected chi connectivity index (χ3v) is 3.87. The summed E-state index contributed by atoms with van der Waals surface area (Å²) in [5.41, 5.74) is -0.242. The summed E-state index contributed by atoms with van der Waals surface area (Å²) in [5.74, 6) is -1.24. The Hall–Kier alpha value is -1.14. The zero-order chi connectivity index (χ0) is 13.9. The molecular weight excluding hydrogens is 281 g/mol. The van der Waals surface area contributed by atoms with Gasteiger partial charge in [0.05, 0.1) is 10.5 Å². The molecule has 0 aliphatic rings. The summed E-state index contributed by atoms with van der Waals surface area (Å²) in [6.45, 7) is 4.28. The molecule has 1 rings (SSSR count). The Bertz CT molecular complexity index is 555. The van der Waals surface area contributed by atoms with E-state index < -0.39 is 20.8 Å². The van der Waals surface area contributed by atoms with Crippen LogP contribution < -0.4 is 0 Å². The largest absolute Gasteiger partial charge is 0.339 e. The Balaban J connectivity index is 3.39. The lowest BCUT2D eigenvalue weighted by molar-refractivity contribution is 0.0768. The Labute approximate surface area is 110 Å². The topological polar surface area (TPSA) is 54.5 Å². The van der Waals surface area contributed by atoms with Gasteiger partial charge in [0, 0.05) is 23.8 Å². The first-order valence-electron chi connectivity index (χ1n) is 5.34. The zero-order valence-electron chi connectivity index (χ0n) is 9.98. The number of benzene rings is 1. The molecule has 18 heavy (non-hydrogen) atoms. The minimum Gasteiger partial charge on any atom is -0.339 e. The van der Waals surface area contributed by atoms with E-state index in [2.05, 4.69) is 0 Å². The number of amides is 1. The molecular formula is C11H13ClFNO3S. The number of hydrogen-bond donors (Lipinski definition) is 0. The van der Waals surface area contributed by atoms with Gasteiger partial charge in [-0.05, 0) is 32.0 Å². The molecule has 0 saturated heterocycles. The summed E-state index contributed by atoms with van der Waals surface area (Å²) < 4.78 is 35.8. The predicted molar refractivity (Wildman–Crippen MR) is 66.7 cm³/mol. The van der Waals surface area contributed by atoms with Gasteiger partial charge in [-0.2, -0.15) is 0 Å². The van der Waals surface area contributed by atoms with Crippen LogP contribution in [-0.2, 0) is 9.05 Å². The second-order valence-electron chi connectivity index (χ2n) is 3.56. The molecule has 0 saturated carbocycles. The fourth-order valence-corrected chi connectivity index (χ4v) is 2.61. The first-order valence-corrected chi connectivity index (χ1v) is 7.65. The van der Waals surface area contributed by atoms with Crippen LogP contribution in [-0.4, -0.2) is 32.3 Å². The summed E-state index contributed by atoms with van der Waals surface area (Å²) in [4.78, 5) is 13.1. The summed E-state index contributed by atoms with van der Waals surface area (Å²) in [6.07, 6.45) is 0. The molecule has 0 N–H and O–H groups in total. The predicted octanol–water partition coefficient (Wildman–Crippen LogP) is 2.24. The Morgan fingerprint density at radius 3 is 2.33 bits per heavy atom. The van der Waals surface area contributed by atoms with Crippen LogP contribution in [0.25, 0.3) is 0 Å². The molecule has 1 aromatic rings. The van der Waals surface area contributed by atoms with E-state index in [9.17, 15) is 17.6 Å². The smallest absolute Gasteiger partial charge is 0.262 e. The van der Waals surface area contributed by atoms with E-state index in [1.807, 2.05) is 0 Å². The van der Waals surface area contributed by atoms with Gasteiger partial charge in [-0.25, -0.2) is 12.8 Å². The highest BCUT2D eigenvalue weighted by Crippen LogP contribution is 2.22. The highest BCUT2D eigenvalue weighted by molar-refractivity contribution is 8.13. The molecule has 0 radical (unpaired) electrons. The van der Waals surface area contributed by atoms with Crippen molar-refractivity contribution in [1.29, 1.82) is 0 Å². The summed E-state index contributed by atoms with van der Waals surface area (Å²) in [6, 6.07) is 2.83. The summed E-state index contributed by atoms with van der Waals surface area (Å²) >= 11 is 0. The Morgan fingerprint density at radius 1 is 1.33 bits per heavy atom. The molecule has 1 aromatic carbocycles. The maximum absolute atomic E-state index is 13.2. The van der Waals surface area contributed by atoms with Crippen LogP contribution in [0.3, 0.4) is 0 Å². The molecule has 0 aliphatic carbocycles. The fraction of sp³-hybridized carbons (Fsp3) is 0.364. The standard InChI is InChI=1S/C11H13ClFNO3S/c1-3-14(4-2)11(15)9-7-8(13)5-6-10(9)18(12,16)17/h5-7H,3-4H2,1-2H3. The molecule has 0 fully saturated rings. The monoisotopic (exact) mass is 293 g/mol. The van der Waals surface area contributed by atoms with Gasteiger partial charge < -0.3 is 4.90 Å². The van der Waals surface area contributed by atoms with Gasteiger partial charge in [0.2, 0.25) is 0 Å². The Kier molecular flexibility index (Phi) is 4.70. The lowest BCUT2D eigenvalue weighted by atomic mass is 10.2. The number of carbonyl (C=O) groups excluding carboxylic acids is 1. The molecule has 0 atom stereocenters. The van der Waals surface area contributed by atoms with Gasteiger partial charge in [0.25, 0.3) is 15.0 Å². The van der Waals surface area contributed by atoms with E-state index in [0.717, 1.165) is 18.2 Å². The minimum absolute atomic E-state index is 0.242. The molecule has 0 heterocycles. The van der Waals surface area contributed by atoms with Crippen molar-refractivity contribution in [3.05, 3.63) is 29.6 Å². The molecule has 4 nitrogen and oxygen atoms in total. The van der Waals surface area contributed by atoms with Crippen molar-refractivity contribution < 1.29 is 17.6 Å². The molecule has 100 valence electrons. The van der Waals surface area contributed by atoms with Crippen molar-refractivity contribution in [2.75, 3.05) is 13.1 Å². The van der Waals surface area contributed by atoms with Crippen molar-refractivity contribution in [2.45, 2.75) is 18.7 Å². The maximum Gasteiger partial charge on any atom is 0.262 e. The average Bonchev–Trinajstić information content (AvgIpc) is 2.28. The van der Waals surface area contributed by atoms with E-state index in [1.165, 1.54) is 4.90 Å². The van der Waals surface area contributed by atoms with Crippen LogP contribution in [0.5, 0.6) is 0 Å². The van der Waals surface area contributed by atoms with E-state index in [1.54, 1.807) is 13.8 Å². The molecule has 1 amide bonds. The van der Waals surface area contributed by atoms with Crippen LogP contribution in [0.15, 0.2) is 23.1 Å². The highest BCUT2D eigenvalue weighted by atomic mass is 35.7. The van der Waals surface area contributed by atoms with Crippen LogP contribution in [0.2, 0.25) is 0 Å². The highest BCUT2D eigenvalue weighted by Gasteiger charge is 2.23. The van der Waals surface area contributed by atoms with Crippen molar-refractivity contribution >= 4 is 25.6 Å². The second kappa shape index (κ2) is 5.67. The van der Waals surface area contributed by atoms with Gasteiger partial charge in [0.15, 0.2) is 0 Å².